The van der Waals surface area contributed by atoms with Gasteiger partial charge in [0.2, 0.25) is 10.0 Å². The summed E-state index contributed by atoms with van der Waals surface area (Å²) in [6.45, 7) is 1.76. The second-order valence-electron chi connectivity index (χ2n) is 5.61. The fourth-order valence-electron chi connectivity index (χ4n) is 2.68. The zero-order valence-electron chi connectivity index (χ0n) is 12.8. The number of nitrogens with zero attached hydrogens (tertiary/aromatic N) is 1. The number of nitrogens with one attached hydrogen (secondary N) is 2. The second-order valence-corrected chi connectivity index (χ2v) is 7.34. The molecule has 2 N–H and O–H groups in total. The monoisotopic (exact) mass is 331 g/mol. The number of hydrogen-bond donors (Lipinski definition) is 2. The normalized spacial score (nSPS) is 20.8. The number of hydrazine groups is 1. The number of anilines is 1. The molecule has 0 radical (unpaired) electrons. The highest BCUT2D eigenvalue weighted by Crippen LogP contribution is 2.36. The van der Waals surface area contributed by atoms with E-state index in [9.17, 15) is 13.2 Å². The smallest absolute Gasteiger partial charge is 0.273 e. The number of carbonyl (C=O) groups excluding carboxylic acids is 1. The summed E-state index contributed by atoms with van der Waals surface area (Å²) in [7, 11) is -3.62. The summed E-state index contributed by atoms with van der Waals surface area (Å²) in [6.07, 6.45) is 1.02. The summed E-state index contributed by atoms with van der Waals surface area (Å²) >= 11 is 0. The van der Waals surface area contributed by atoms with Gasteiger partial charge in [0, 0.05) is 5.69 Å². The fraction of sp³-hybridized carbons (Fsp3) is 0.188. The first-order valence-corrected chi connectivity index (χ1v) is 8.95. The van der Waals surface area contributed by atoms with Crippen LogP contribution in [0, 0.1) is 0 Å². The number of benzene rings is 2. The second kappa shape index (κ2) is 5.36. The van der Waals surface area contributed by atoms with Gasteiger partial charge in [-0.2, -0.15) is 0 Å². The Bertz CT molecular complexity index is 852. The molecule has 7 heteroatoms. The molecular formula is C16H17N3O3S. The summed E-state index contributed by atoms with van der Waals surface area (Å²) in [6, 6.07) is 16.2. The van der Waals surface area contributed by atoms with Gasteiger partial charge >= 0.3 is 0 Å². The van der Waals surface area contributed by atoms with Gasteiger partial charge in [-0.1, -0.05) is 42.5 Å². The Morgan fingerprint density at radius 3 is 2.30 bits per heavy atom. The average molecular weight is 331 g/mol. The predicted molar refractivity (Wildman–Crippen MR) is 88.0 cm³/mol. The van der Waals surface area contributed by atoms with Gasteiger partial charge < -0.3 is 5.32 Å². The fourth-order valence-corrected chi connectivity index (χ4v) is 3.28. The van der Waals surface area contributed by atoms with Crippen LogP contribution in [0.15, 0.2) is 54.6 Å². The molecule has 1 heterocycles. The molecule has 3 rings (SSSR count). The van der Waals surface area contributed by atoms with Crippen LogP contribution in [0.2, 0.25) is 0 Å². The summed E-state index contributed by atoms with van der Waals surface area (Å²) in [5, 5.41) is 4.40. The number of carbonyl (C=O) groups is 1. The molecule has 0 aliphatic carbocycles. The summed E-state index contributed by atoms with van der Waals surface area (Å²) in [5.41, 5.74) is 0.793. The highest BCUT2D eigenvalue weighted by Gasteiger charge is 2.44. The van der Waals surface area contributed by atoms with Crippen molar-refractivity contribution in [3.05, 3.63) is 65.7 Å². The maximum Gasteiger partial charge on any atom is 0.273 e. The Morgan fingerprint density at radius 1 is 1.04 bits per heavy atom. The zero-order chi connectivity index (χ0) is 16.7. The van der Waals surface area contributed by atoms with Gasteiger partial charge in [-0.05, 0) is 24.6 Å². The first-order valence-electron chi connectivity index (χ1n) is 7.06. The van der Waals surface area contributed by atoms with E-state index in [1.807, 2.05) is 36.4 Å². The van der Waals surface area contributed by atoms with Crippen LogP contribution in [0.3, 0.4) is 0 Å². The van der Waals surface area contributed by atoms with E-state index in [4.69, 9.17) is 0 Å². The Labute approximate surface area is 135 Å². The highest BCUT2D eigenvalue weighted by atomic mass is 32.2. The first kappa shape index (κ1) is 15.5. The quantitative estimate of drug-likeness (QED) is 0.900. The van der Waals surface area contributed by atoms with Crippen LogP contribution in [0.1, 0.15) is 22.8 Å². The molecule has 2 aromatic rings. The zero-order valence-corrected chi connectivity index (χ0v) is 13.6. The summed E-state index contributed by atoms with van der Waals surface area (Å²) in [4.78, 5) is 15.2. The Morgan fingerprint density at radius 2 is 1.65 bits per heavy atom. The number of fused-ring (bicyclic) bond motifs is 1. The average Bonchev–Trinajstić information content (AvgIpc) is 2.51. The van der Waals surface area contributed by atoms with Crippen LogP contribution in [0.25, 0.3) is 0 Å². The lowest BCUT2D eigenvalue weighted by atomic mass is 9.95. The molecule has 1 aliphatic rings. The Kier molecular flexibility index (Phi) is 3.62. The maximum absolute atomic E-state index is 12.8. The van der Waals surface area contributed by atoms with Crippen molar-refractivity contribution >= 4 is 21.6 Å². The van der Waals surface area contributed by atoms with E-state index in [2.05, 4.69) is 10.1 Å². The molecule has 0 aromatic heterocycles. The van der Waals surface area contributed by atoms with E-state index >= 15 is 0 Å². The molecule has 2 aromatic carbocycles. The van der Waals surface area contributed by atoms with E-state index in [1.54, 1.807) is 25.1 Å². The molecule has 0 spiro atoms. The first-order chi connectivity index (χ1) is 10.8. The maximum atomic E-state index is 12.8. The van der Waals surface area contributed by atoms with Gasteiger partial charge in [0.25, 0.3) is 5.91 Å². The third-order valence-electron chi connectivity index (χ3n) is 3.78. The van der Waals surface area contributed by atoms with E-state index in [0.717, 1.165) is 16.8 Å². The number of hydrogen-bond acceptors (Lipinski definition) is 4. The van der Waals surface area contributed by atoms with E-state index in [1.165, 1.54) is 0 Å². The van der Waals surface area contributed by atoms with Crippen LogP contribution in [0.4, 0.5) is 5.69 Å². The van der Waals surface area contributed by atoms with Gasteiger partial charge in [-0.25, -0.2) is 13.4 Å². The Balaban J connectivity index is 2.18. The van der Waals surface area contributed by atoms with E-state index in [-0.39, 0.29) is 0 Å². The number of sulfonamides is 1. The summed E-state index contributed by atoms with van der Waals surface area (Å²) < 4.78 is 23.5. The van der Waals surface area contributed by atoms with Gasteiger partial charge in [0.05, 0.1) is 11.8 Å². The minimum Gasteiger partial charge on any atom is -0.357 e. The molecule has 0 bridgehead atoms. The van der Waals surface area contributed by atoms with Gasteiger partial charge in [0.15, 0.2) is 5.66 Å². The molecule has 0 fully saturated rings. The van der Waals surface area contributed by atoms with Gasteiger partial charge in [-0.15, -0.1) is 4.83 Å². The van der Waals surface area contributed by atoms with Crippen LogP contribution < -0.4 is 10.1 Å². The largest absolute Gasteiger partial charge is 0.357 e. The predicted octanol–water partition coefficient (Wildman–Crippen LogP) is 1.89. The van der Waals surface area contributed by atoms with Gasteiger partial charge in [0.1, 0.15) is 0 Å². The summed E-state index contributed by atoms with van der Waals surface area (Å²) in [5.74, 6) is -0.406. The van der Waals surface area contributed by atoms with E-state index in [0.29, 0.717) is 11.3 Å². The number of rotatable bonds is 3. The van der Waals surface area contributed by atoms with Crippen LogP contribution >= 0.6 is 0 Å². The molecule has 0 saturated heterocycles. The molecule has 0 saturated carbocycles. The molecule has 1 unspecified atom stereocenters. The number of amides is 1. The molecule has 23 heavy (non-hydrogen) atoms. The number of para-hydroxylation sites is 1. The topological polar surface area (TPSA) is 78.5 Å². The highest BCUT2D eigenvalue weighted by molar-refractivity contribution is 7.88. The van der Waals surface area contributed by atoms with Crippen molar-refractivity contribution in [3.8, 4) is 0 Å². The van der Waals surface area contributed by atoms with Crippen LogP contribution in [-0.2, 0) is 15.7 Å². The van der Waals surface area contributed by atoms with Crippen molar-refractivity contribution in [1.29, 1.82) is 0 Å². The van der Waals surface area contributed by atoms with E-state index < -0.39 is 21.6 Å². The Hall–Kier alpha value is -2.38. The minimum absolute atomic E-state index is 0.406. The van der Waals surface area contributed by atoms with Gasteiger partial charge in [-0.3, -0.25) is 4.79 Å². The van der Waals surface area contributed by atoms with Crippen molar-refractivity contribution in [1.82, 2.24) is 9.84 Å². The standard InChI is InChI=1S/C16H17N3O3S/c1-16(12-8-4-3-5-9-12)17-14-11-7-6-10-13(14)15(20)19(16)18-23(2,21)22/h3-11,17-18H,1-2H3. The molecule has 6 nitrogen and oxygen atoms in total. The molecule has 1 amide bonds. The third kappa shape index (κ3) is 2.80. The van der Waals surface area contributed by atoms with Crippen molar-refractivity contribution < 1.29 is 13.2 Å². The van der Waals surface area contributed by atoms with Crippen molar-refractivity contribution in [2.24, 2.45) is 0 Å². The SMILES string of the molecule is CC1(c2ccccc2)Nc2ccccc2C(=O)N1NS(C)(=O)=O. The molecule has 1 aliphatic heterocycles. The molecular weight excluding hydrogens is 314 g/mol. The molecule has 120 valence electrons. The lowest BCUT2D eigenvalue weighted by Gasteiger charge is -2.45. The lowest BCUT2D eigenvalue weighted by Crippen LogP contribution is -2.62. The molecule has 1 atom stereocenters. The van der Waals surface area contributed by atoms with Crippen molar-refractivity contribution in [3.63, 3.8) is 0 Å². The minimum atomic E-state index is -3.62. The van der Waals surface area contributed by atoms with Crippen LogP contribution in [-0.4, -0.2) is 25.6 Å². The lowest BCUT2D eigenvalue weighted by molar-refractivity contribution is 0.0458. The van der Waals surface area contributed by atoms with Crippen molar-refractivity contribution in [2.45, 2.75) is 12.6 Å². The van der Waals surface area contributed by atoms with Crippen molar-refractivity contribution in [2.75, 3.05) is 11.6 Å². The third-order valence-corrected chi connectivity index (χ3v) is 4.29. The van der Waals surface area contributed by atoms with Crippen LogP contribution in [0.5, 0.6) is 0 Å².